The van der Waals surface area contributed by atoms with E-state index < -0.39 is 0 Å². The number of anilines is 1. The number of carbonyl (C=O) groups excluding carboxylic acids is 1. The Kier molecular flexibility index (Phi) is 6.74. The van der Waals surface area contributed by atoms with E-state index in [2.05, 4.69) is 26.6 Å². The predicted octanol–water partition coefficient (Wildman–Crippen LogP) is 3.67. The molecule has 0 heterocycles. The van der Waals surface area contributed by atoms with Gasteiger partial charge in [-0.2, -0.15) is 0 Å². The van der Waals surface area contributed by atoms with Crippen LogP contribution in [0.15, 0.2) is 46.9 Å². The van der Waals surface area contributed by atoms with Gasteiger partial charge in [-0.15, -0.1) is 0 Å². The summed E-state index contributed by atoms with van der Waals surface area (Å²) in [6.45, 7) is 0.713. The Hall–Kier alpha value is -2.41. The fraction of sp³-hybridized carbons (Fsp3) is 0.235. The van der Waals surface area contributed by atoms with Crippen LogP contribution in [-0.2, 0) is 0 Å². The number of halogens is 1. The average molecular weight is 395 g/mol. The second-order valence-electron chi connectivity index (χ2n) is 4.73. The summed E-state index contributed by atoms with van der Waals surface area (Å²) in [4.78, 5) is 12.0. The van der Waals surface area contributed by atoms with Crippen molar-refractivity contribution in [2.45, 2.75) is 0 Å². The molecule has 2 rings (SSSR count). The Morgan fingerprint density at radius 2 is 1.88 bits per heavy atom. The molecule has 24 heavy (non-hydrogen) atoms. The minimum absolute atomic E-state index is 0.350. The molecule has 0 saturated carbocycles. The number of para-hydroxylation sites is 1. The molecule has 2 aromatic carbocycles. The number of hydrogen-bond acceptors (Lipinski definition) is 4. The molecule has 0 aromatic heterocycles. The van der Waals surface area contributed by atoms with E-state index in [-0.39, 0.29) is 6.03 Å². The van der Waals surface area contributed by atoms with Crippen LogP contribution < -0.4 is 24.8 Å². The molecule has 0 aliphatic heterocycles. The first kappa shape index (κ1) is 17.9. The molecule has 0 atom stereocenters. The molecule has 0 fully saturated rings. The van der Waals surface area contributed by atoms with Gasteiger partial charge < -0.3 is 24.8 Å². The lowest BCUT2D eigenvalue weighted by Crippen LogP contribution is -2.32. The summed E-state index contributed by atoms with van der Waals surface area (Å²) in [6, 6.07) is 12.4. The second kappa shape index (κ2) is 9.02. The van der Waals surface area contributed by atoms with Crippen LogP contribution in [0.5, 0.6) is 17.2 Å². The summed E-state index contributed by atoms with van der Waals surface area (Å²) in [5, 5.41) is 5.45. The molecule has 0 aliphatic carbocycles. The number of carbonyl (C=O) groups is 1. The average Bonchev–Trinajstić information content (AvgIpc) is 2.60. The molecule has 0 saturated heterocycles. The van der Waals surface area contributed by atoms with Crippen LogP contribution in [0.2, 0.25) is 0 Å². The largest absolute Gasteiger partial charge is 0.497 e. The quantitative estimate of drug-likeness (QED) is 0.702. The lowest BCUT2D eigenvalue weighted by molar-refractivity contribution is 0.247. The highest BCUT2D eigenvalue weighted by Crippen LogP contribution is 2.28. The number of ether oxygens (including phenoxy) is 3. The molecule has 0 radical (unpaired) electrons. The van der Waals surface area contributed by atoms with Gasteiger partial charge in [-0.3, -0.25) is 0 Å². The van der Waals surface area contributed by atoms with Crippen LogP contribution >= 0.6 is 15.9 Å². The van der Waals surface area contributed by atoms with Crippen LogP contribution in [-0.4, -0.2) is 33.4 Å². The molecule has 2 N–H and O–H groups in total. The number of methoxy groups -OCH3 is 2. The number of urea groups is 1. The van der Waals surface area contributed by atoms with Crippen LogP contribution in [0.1, 0.15) is 0 Å². The van der Waals surface area contributed by atoms with Gasteiger partial charge in [-0.05, 0) is 40.2 Å². The van der Waals surface area contributed by atoms with Gasteiger partial charge in [0.25, 0.3) is 0 Å². The zero-order chi connectivity index (χ0) is 17.4. The molecule has 128 valence electrons. The van der Waals surface area contributed by atoms with Gasteiger partial charge in [0.05, 0.1) is 30.9 Å². The maximum atomic E-state index is 12.0. The topological polar surface area (TPSA) is 68.8 Å². The molecule has 2 aromatic rings. The summed E-state index contributed by atoms with van der Waals surface area (Å²) < 4.78 is 16.8. The monoisotopic (exact) mass is 394 g/mol. The van der Waals surface area contributed by atoms with E-state index in [9.17, 15) is 4.79 Å². The van der Waals surface area contributed by atoms with Crippen molar-refractivity contribution in [2.24, 2.45) is 0 Å². The minimum Gasteiger partial charge on any atom is -0.497 e. The van der Waals surface area contributed by atoms with Gasteiger partial charge in [0.2, 0.25) is 0 Å². The van der Waals surface area contributed by atoms with E-state index in [1.54, 1.807) is 25.3 Å². The summed E-state index contributed by atoms with van der Waals surface area (Å²) >= 11 is 3.40. The third-order valence-corrected chi connectivity index (χ3v) is 3.79. The predicted molar refractivity (Wildman–Crippen MR) is 96.2 cm³/mol. The van der Waals surface area contributed by atoms with Crippen LogP contribution in [0, 0.1) is 0 Å². The van der Waals surface area contributed by atoms with E-state index in [0.29, 0.717) is 30.3 Å². The van der Waals surface area contributed by atoms with Crippen molar-refractivity contribution in [3.05, 3.63) is 46.9 Å². The van der Waals surface area contributed by atoms with Crippen LogP contribution in [0.3, 0.4) is 0 Å². The summed E-state index contributed by atoms with van der Waals surface area (Å²) in [5.41, 5.74) is 0.529. The zero-order valence-electron chi connectivity index (χ0n) is 13.5. The molecule has 0 spiro atoms. The minimum atomic E-state index is -0.350. The Morgan fingerprint density at radius 3 is 2.58 bits per heavy atom. The van der Waals surface area contributed by atoms with Gasteiger partial charge in [-0.1, -0.05) is 12.1 Å². The fourth-order valence-electron chi connectivity index (χ4n) is 1.97. The van der Waals surface area contributed by atoms with Crippen molar-refractivity contribution in [2.75, 3.05) is 32.7 Å². The van der Waals surface area contributed by atoms with Gasteiger partial charge in [0.1, 0.15) is 23.9 Å². The third-order valence-electron chi connectivity index (χ3n) is 3.14. The first-order chi connectivity index (χ1) is 11.6. The van der Waals surface area contributed by atoms with Gasteiger partial charge in [0, 0.05) is 6.07 Å². The summed E-state index contributed by atoms with van der Waals surface area (Å²) in [5.74, 6) is 1.91. The molecule has 0 unspecified atom stereocenters. The van der Waals surface area contributed by atoms with E-state index in [1.807, 2.05) is 24.3 Å². The number of hydrogen-bond donors (Lipinski definition) is 2. The van der Waals surface area contributed by atoms with Crippen LogP contribution in [0.25, 0.3) is 0 Å². The molecule has 7 heteroatoms. The summed E-state index contributed by atoms with van der Waals surface area (Å²) in [6.07, 6.45) is 0. The normalized spacial score (nSPS) is 9.96. The summed E-state index contributed by atoms with van der Waals surface area (Å²) in [7, 11) is 3.10. The zero-order valence-corrected chi connectivity index (χ0v) is 15.1. The molecular weight excluding hydrogens is 376 g/mol. The van der Waals surface area contributed by atoms with E-state index in [0.717, 1.165) is 10.2 Å². The molecule has 2 amide bonds. The molecular formula is C17H19BrN2O4. The smallest absolute Gasteiger partial charge is 0.319 e. The second-order valence-corrected chi connectivity index (χ2v) is 5.58. The maximum Gasteiger partial charge on any atom is 0.319 e. The van der Waals surface area contributed by atoms with Crippen molar-refractivity contribution in [1.82, 2.24) is 5.32 Å². The van der Waals surface area contributed by atoms with Crippen molar-refractivity contribution < 1.29 is 19.0 Å². The van der Waals surface area contributed by atoms with Crippen molar-refractivity contribution in [3.63, 3.8) is 0 Å². The van der Waals surface area contributed by atoms with Crippen molar-refractivity contribution in [1.29, 1.82) is 0 Å². The number of benzene rings is 2. The van der Waals surface area contributed by atoms with E-state index >= 15 is 0 Å². The lowest BCUT2D eigenvalue weighted by atomic mass is 10.2. The van der Waals surface area contributed by atoms with Gasteiger partial charge in [0.15, 0.2) is 0 Å². The first-order valence-corrected chi connectivity index (χ1v) is 8.07. The van der Waals surface area contributed by atoms with E-state index in [1.165, 1.54) is 7.11 Å². The molecule has 6 nitrogen and oxygen atoms in total. The number of rotatable bonds is 7. The van der Waals surface area contributed by atoms with E-state index in [4.69, 9.17) is 14.2 Å². The Labute approximate surface area is 149 Å². The van der Waals surface area contributed by atoms with Crippen LogP contribution in [0.4, 0.5) is 10.5 Å². The third kappa shape index (κ3) is 5.06. The van der Waals surface area contributed by atoms with Gasteiger partial charge in [-0.25, -0.2) is 4.79 Å². The van der Waals surface area contributed by atoms with Crippen molar-refractivity contribution in [3.8, 4) is 17.2 Å². The highest BCUT2D eigenvalue weighted by molar-refractivity contribution is 9.10. The maximum absolute atomic E-state index is 12.0. The highest BCUT2D eigenvalue weighted by atomic mass is 79.9. The Morgan fingerprint density at radius 1 is 1.08 bits per heavy atom. The number of nitrogens with one attached hydrogen (secondary N) is 2. The first-order valence-electron chi connectivity index (χ1n) is 7.28. The highest BCUT2D eigenvalue weighted by Gasteiger charge is 2.08. The van der Waals surface area contributed by atoms with Crippen molar-refractivity contribution >= 4 is 27.6 Å². The SMILES string of the molecule is COc1ccc(OC)c(NC(=O)NCCOc2ccccc2Br)c1. The standard InChI is InChI=1S/C17H19BrN2O4/c1-22-12-7-8-16(23-2)14(11-12)20-17(21)19-9-10-24-15-6-4-3-5-13(15)18/h3-8,11H,9-10H2,1-2H3,(H2,19,20,21). The Balaban J connectivity index is 1.82. The van der Waals surface area contributed by atoms with Gasteiger partial charge >= 0.3 is 6.03 Å². The lowest BCUT2D eigenvalue weighted by Gasteiger charge is -2.13. The molecule has 0 aliphatic rings. The Bertz CT molecular complexity index is 694. The molecule has 0 bridgehead atoms. The fourth-order valence-corrected chi connectivity index (χ4v) is 2.36. The number of amides is 2.